The predicted molar refractivity (Wildman–Crippen MR) is 110 cm³/mol. The molecule has 8 heteroatoms. The molecule has 0 aliphatic carbocycles. The van der Waals surface area contributed by atoms with Crippen LogP contribution in [0.15, 0.2) is 42.6 Å². The molecule has 0 unspecified atom stereocenters. The van der Waals surface area contributed by atoms with E-state index in [-0.39, 0.29) is 18.0 Å². The molecule has 1 aromatic heterocycles. The van der Waals surface area contributed by atoms with Crippen molar-refractivity contribution in [2.75, 3.05) is 37.4 Å². The minimum atomic E-state index is -0.247. The number of methoxy groups -OCH3 is 1. The van der Waals surface area contributed by atoms with Gasteiger partial charge in [-0.2, -0.15) is 0 Å². The first-order valence-corrected chi connectivity index (χ1v) is 9.68. The molecule has 29 heavy (non-hydrogen) atoms. The molecule has 2 N–H and O–H groups in total. The van der Waals surface area contributed by atoms with Gasteiger partial charge in [-0.1, -0.05) is 6.07 Å². The van der Waals surface area contributed by atoms with E-state index in [2.05, 4.69) is 15.6 Å². The van der Waals surface area contributed by atoms with Gasteiger partial charge < -0.3 is 25.0 Å². The second kappa shape index (κ2) is 9.77. The summed E-state index contributed by atoms with van der Waals surface area (Å²) < 4.78 is 10.2. The van der Waals surface area contributed by atoms with Crippen molar-refractivity contribution in [2.24, 2.45) is 0 Å². The van der Waals surface area contributed by atoms with Crippen molar-refractivity contribution in [3.05, 3.63) is 48.2 Å². The third-order valence-electron chi connectivity index (χ3n) is 4.73. The smallest absolute Gasteiger partial charge is 0.409 e. The second-order valence-corrected chi connectivity index (χ2v) is 6.72. The van der Waals surface area contributed by atoms with Gasteiger partial charge >= 0.3 is 6.09 Å². The van der Waals surface area contributed by atoms with Gasteiger partial charge in [-0.3, -0.25) is 4.79 Å². The molecule has 2 amide bonds. The number of aromatic nitrogens is 1. The van der Waals surface area contributed by atoms with E-state index in [1.807, 2.05) is 13.0 Å². The Kier molecular flexibility index (Phi) is 6.89. The normalized spacial score (nSPS) is 14.2. The number of carbonyl (C=O) groups excluding carboxylic acids is 2. The summed E-state index contributed by atoms with van der Waals surface area (Å²) in [5.41, 5.74) is 1.38. The number of nitrogens with one attached hydrogen (secondary N) is 2. The van der Waals surface area contributed by atoms with Crippen molar-refractivity contribution < 1.29 is 19.1 Å². The Balaban J connectivity index is 1.50. The molecule has 2 aromatic rings. The molecule has 1 fully saturated rings. The number of benzene rings is 1. The number of pyridine rings is 1. The van der Waals surface area contributed by atoms with E-state index in [0.717, 1.165) is 18.5 Å². The SMILES string of the molecule is CCOC(=O)N1CCC(Nc2ccc(NC(=O)c3cccc(OC)c3)nc2)CC1. The van der Waals surface area contributed by atoms with E-state index in [9.17, 15) is 9.59 Å². The first-order valence-electron chi connectivity index (χ1n) is 9.68. The molecule has 154 valence electrons. The van der Waals surface area contributed by atoms with E-state index in [1.165, 1.54) is 0 Å². The maximum atomic E-state index is 12.4. The van der Waals surface area contributed by atoms with Crippen molar-refractivity contribution in [1.29, 1.82) is 0 Å². The summed E-state index contributed by atoms with van der Waals surface area (Å²) in [5.74, 6) is 0.850. The fourth-order valence-electron chi connectivity index (χ4n) is 3.16. The van der Waals surface area contributed by atoms with E-state index in [1.54, 1.807) is 48.5 Å². The lowest BCUT2D eigenvalue weighted by Crippen LogP contribution is -2.42. The summed E-state index contributed by atoms with van der Waals surface area (Å²) >= 11 is 0. The van der Waals surface area contributed by atoms with Crippen LogP contribution in [-0.4, -0.2) is 54.7 Å². The number of ether oxygens (including phenoxy) is 2. The zero-order chi connectivity index (χ0) is 20.6. The Hall–Kier alpha value is -3.29. The van der Waals surface area contributed by atoms with Gasteiger partial charge in [-0.25, -0.2) is 9.78 Å². The molecule has 2 heterocycles. The summed E-state index contributed by atoms with van der Waals surface area (Å²) in [6.45, 7) is 3.53. The molecule has 1 aliphatic heterocycles. The van der Waals surface area contributed by atoms with E-state index in [0.29, 0.717) is 36.8 Å². The Bertz CT molecular complexity index is 833. The van der Waals surface area contributed by atoms with Crippen LogP contribution in [0.2, 0.25) is 0 Å². The Morgan fingerprint density at radius 3 is 2.66 bits per heavy atom. The van der Waals surface area contributed by atoms with Gasteiger partial charge in [0, 0.05) is 24.7 Å². The van der Waals surface area contributed by atoms with E-state index in [4.69, 9.17) is 9.47 Å². The van der Waals surface area contributed by atoms with Gasteiger partial charge in [-0.05, 0) is 50.1 Å². The van der Waals surface area contributed by atoms with Crippen LogP contribution < -0.4 is 15.4 Å². The fourth-order valence-corrected chi connectivity index (χ4v) is 3.16. The van der Waals surface area contributed by atoms with Gasteiger partial charge in [0.15, 0.2) is 0 Å². The van der Waals surface area contributed by atoms with Gasteiger partial charge in [0.25, 0.3) is 5.91 Å². The van der Waals surface area contributed by atoms with E-state index >= 15 is 0 Å². The molecule has 0 bridgehead atoms. The number of piperidine rings is 1. The van der Waals surface area contributed by atoms with Gasteiger partial charge in [0.2, 0.25) is 0 Å². The summed E-state index contributed by atoms with van der Waals surface area (Å²) in [7, 11) is 1.56. The lowest BCUT2D eigenvalue weighted by molar-refractivity contribution is 0.0981. The predicted octanol–water partition coefficient (Wildman–Crippen LogP) is 3.38. The molecular weight excluding hydrogens is 372 g/mol. The minimum absolute atomic E-state index is 0.247. The number of likely N-dealkylation sites (tertiary alicyclic amines) is 1. The maximum Gasteiger partial charge on any atom is 0.409 e. The highest BCUT2D eigenvalue weighted by Gasteiger charge is 2.23. The van der Waals surface area contributed by atoms with Gasteiger partial charge in [0.1, 0.15) is 11.6 Å². The molecule has 0 atom stereocenters. The number of nitrogens with zero attached hydrogens (tertiary/aromatic N) is 2. The minimum Gasteiger partial charge on any atom is -0.497 e. The molecule has 0 spiro atoms. The Labute approximate surface area is 170 Å². The van der Waals surface area contributed by atoms with E-state index < -0.39 is 0 Å². The van der Waals surface area contributed by atoms with Crippen LogP contribution in [0.1, 0.15) is 30.1 Å². The van der Waals surface area contributed by atoms with Gasteiger partial charge in [-0.15, -0.1) is 0 Å². The van der Waals surface area contributed by atoms with Crippen LogP contribution in [0, 0.1) is 0 Å². The average molecular weight is 398 g/mol. The molecule has 1 aliphatic rings. The quantitative estimate of drug-likeness (QED) is 0.775. The average Bonchev–Trinajstić information content (AvgIpc) is 2.76. The lowest BCUT2D eigenvalue weighted by atomic mass is 10.1. The zero-order valence-corrected chi connectivity index (χ0v) is 16.7. The van der Waals surface area contributed by atoms with Crippen molar-refractivity contribution >= 4 is 23.5 Å². The van der Waals surface area contributed by atoms with Crippen LogP contribution in [0.4, 0.5) is 16.3 Å². The largest absolute Gasteiger partial charge is 0.497 e. The Morgan fingerprint density at radius 1 is 1.21 bits per heavy atom. The highest BCUT2D eigenvalue weighted by atomic mass is 16.6. The van der Waals surface area contributed by atoms with Crippen molar-refractivity contribution in [3.63, 3.8) is 0 Å². The number of rotatable bonds is 6. The summed E-state index contributed by atoms with van der Waals surface area (Å²) in [6, 6.07) is 10.8. The lowest BCUT2D eigenvalue weighted by Gasteiger charge is -2.32. The van der Waals surface area contributed by atoms with Crippen LogP contribution in [-0.2, 0) is 4.74 Å². The first-order chi connectivity index (χ1) is 14.1. The first kappa shape index (κ1) is 20.4. The topological polar surface area (TPSA) is 92.8 Å². The molecule has 1 saturated heterocycles. The molecule has 0 saturated carbocycles. The van der Waals surface area contributed by atoms with Crippen molar-refractivity contribution in [3.8, 4) is 5.75 Å². The van der Waals surface area contributed by atoms with Crippen molar-refractivity contribution in [1.82, 2.24) is 9.88 Å². The second-order valence-electron chi connectivity index (χ2n) is 6.72. The standard InChI is InChI=1S/C21H26N4O4/c1-3-29-21(27)25-11-9-16(10-12-25)23-17-7-8-19(22-14-17)24-20(26)15-5-4-6-18(13-15)28-2/h4-8,13-14,16,23H,3,9-12H2,1-2H3,(H,22,24,26). The third kappa shape index (κ3) is 5.60. The maximum absolute atomic E-state index is 12.4. The van der Waals surface area contributed by atoms with Crippen LogP contribution in [0.5, 0.6) is 5.75 Å². The number of anilines is 2. The number of carbonyl (C=O) groups is 2. The zero-order valence-electron chi connectivity index (χ0n) is 16.7. The summed E-state index contributed by atoms with van der Waals surface area (Å²) in [4.78, 5) is 30.2. The third-order valence-corrected chi connectivity index (χ3v) is 4.73. The highest BCUT2D eigenvalue weighted by molar-refractivity contribution is 6.04. The molecule has 1 aromatic carbocycles. The molecule has 8 nitrogen and oxygen atoms in total. The monoisotopic (exact) mass is 398 g/mol. The molecular formula is C21H26N4O4. The van der Waals surface area contributed by atoms with Crippen molar-refractivity contribution in [2.45, 2.75) is 25.8 Å². The molecule has 0 radical (unpaired) electrons. The number of hydrogen-bond donors (Lipinski definition) is 2. The van der Waals surface area contributed by atoms with Crippen LogP contribution in [0.3, 0.4) is 0 Å². The Morgan fingerprint density at radius 2 is 2.00 bits per heavy atom. The van der Waals surface area contributed by atoms with Crippen LogP contribution >= 0.6 is 0 Å². The molecule has 3 rings (SSSR count). The fraction of sp³-hybridized carbons (Fsp3) is 0.381. The number of amides is 2. The van der Waals surface area contributed by atoms with Crippen LogP contribution in [0.25, 0.3) is 0 Å². The van der Waals surface area contributed by atoms with Gasteiger partial charge in [0.05, 0.1) is 25.6 Å². The number of hydrogen-bond acceptors (Lipinski definition) is 6. The summed E-state index contributed by atoms with van der Waals surface area (Å²) in [5, 5.41) is 6.21. The summed E-state index contributed by atoms with van der Waals surface area (Å²) in [6.07, 6.45) is 3.13. The highest BCUT2D eigenvalue weighted by Crippen LogP contribution is 2.19.